The molecular formula is C19H19F6N3O. The summed E-state index contributed by atoms with van der Waals surface area (Å²) in [4.78, 5) is 15.9. The van der Waals surface area contributed by atoms with Gasteiger partial charge in [0.25, 0.3) is 0 Å². The lowest BCUT2D eigenvalue weighted by molar-refractivity contribution is -0.143. The number of halogens is 6. The number of hydrogen-bond acceptors (Lipinski definition) is 3. The largest absolute Gasteiger partial charge is 0.416 e. The second-order valence-electron chi connectivity index (χ2n) is 7.25. The highest BCUT2D eigenvalue weighted by Crippen LogP contribution is 2.38. The predicted octanol–water partition coefficient (Wildman–Crippen LogP) is 4.53. The van der Waals surface area contributed by atoms with Gasteiger partial charge in [0.15, 0.2) is 0 Å². The summed E-state index contributed by atoms with van der Waals surface area (Å²) < 4.78 is 78.2. The number of carbonyl (C=O) groups is 1. The molecule has 4 nitrogen and oxygen atoms in total. The number of aromatic nitrogens is 1. The fraction of sp³-hybridized carbons (Fsp3) is 0.368. The Kier molecular flexibility index (Phi) is 6.27. The Hall–Kier alpha value is -2.62. The zero-order valence-electron chi connectivity index (χ0n) is 15.6. The van der Waals surface area contributed by atoms with Gasteiger partial charge in [-0.1, -0.05) is 6.07 Å². The topological polar surface area (TPSA) is 68.0 Å². The Balaban J connectivity index is 2.33. The lowest BCUT2D eigenvalue weighted by Crippen LogP contribution is -2.38. The predicted molar refractivity (Wildman–Crippen MR) is 94.4 cm³/mol. The van der Waals surface area contributed by atoms with Crippen LogP contribution in [0.15, 0.2) is 36.4 Å². The molecule has 0 unspecified atom stereocenters. The molecule has 0 saturated heterocycles. The van der Waals surface area contributed by atoms with Crippen molar-refractivity contribution in [2.75, 3.05) is 0 Å². The normalized spacial score (nSPS) is 12.7. The fourth-order valence-corrected chi connectivity index (χ4v) is 2.51. The van der Waals surface area contributed by atoms with Crippen LogP contribution in [0.5, 0.6) is 0 Å². The molecule has 0 saturated carbocycles. The summed E-state index contributed by atoms with van der Waals surface area (Å²) in [6.45, 7) is 3.28. The Labute approximate surface area is 163 Å². The third-order valence-corrected chi connectivity index (χ3v) is 3.77. The molecule has 0 bridgehead atoms. The average Bonchev–Trinajstić information content (AvgIpc) is 2.57. The van der Waals surface area contributed by atoms with Crippen molar-refractivity contribution < 1.29 is 31.1 Å². The Morgan fingerprint density at radius 2 is 1.55 bits per heavy atom. The van der Waals surface area contributed by atoms with Crippen LogP contribution < -0.4 is 11.1 Å². The molecule has 1 heterocycles. The number of hydrogen-bond donors (Lipinski definition) is 2. The molecule has 1 aromatic carbocycles. The summed E-state index contributed by atoms with van der Waals surface area (Å²) in [6.07, 6.45) is -9.86. The lowest BCUT2D eigenvalue weighted by atomic mass is 10.0. The maximum Gasteiger partial charge on any atom is 0.416 e. The molecule has 0 aliphatic rings. The number of nitrogens with one attached hydrogen (secondary N) is 1. The van der Waals surface area contributed by atoms with Crippen LogP contribution in [-0.2, 0) is 23.7 Å². The van der Waals surface area contributed by atoms with Crippen LogP contribution in [0, 0.1) is 0 Å². The zero-order valence-corrected chi connectivity index (χ0v) is 15.6. The van der Waals surface area contributed by atoms with E-state index >= 15 is 0 Å². The number of carbonyl (C=O) groups excluding carboxylic acids is 1. The minimum atomic E-state index is -4.95. The van der Waals surface area contributed by atoms with Crippen molar-refractivity contribution in [2.45, 2.75) is 44.7 Å². The minimum absolute atomic E-state index is 0.0370. The second kappa shape index (κ2) is 8.02. The van der Waals surface area contributed by atoms with E-state index in [9.17, 15) is 31.1 Å². The number of pyridine rings is 1. The van der Waals surface area contributed by atoms with Crippen LogP contribution in [0.2, 0.25) is 0 Å². The van der Waals surface area contributed by atoms with Gasteiger partial charge >= 0.3 is 12.4 Å². The van der Waals surface area contributed by atoms with E-state index in [1.807, 2.05) is 0 Å². The molecule has 158 valence electrons. The van der Waals surface area contributed by atoms with Gasteiger partial charge < -0.3 is 11.1 Å². The van der Waals surface area contributed by atoms with Gasteiger partial charge in [-0.2, -0.15) is 26.3 Å². The monoisotopic (exact) mass is 419 g/mol. The van der Waals surface area contributed by atoms with Crippen LogP contribution in [-0.4, -0.2) is 16.4 Å². The molecule has 1 amide bonds. The van der Waals surface area contributed by atoms with Crippen molar-refractivity contribution in [1.29, 1.82) is 0 Å². The molecule has 0 aliphatic heterocycles. The molecule has 29 heavy (non-hydrogen) atoms. The van der Waals surface area contributed by atoms with E-state index in [2.05, 4.69) is 10.3 Å². The third-order valence-electron chi connectivity index (χ3n) is 3.77. The van der Waals surface area contributed by atoms with E-state index in [1.54, 1.807) is 13.8 Å². The summed E-state index contributed by atoms with van der Waals surface area (Å²) in [6, 6.07) is 5.50. The highest BCUT2D eigenvalue weighted by Gasteiger charge is 2.37. The SMILES string of the molecule is CC(C)(N)CC(=O)NCc1cccc(-c2cc(C(F)(F)F)cc(C(F)(F)F)c2)n1. The van der Waals surface area contributed by atoms with Crippen molar-refractivity contribution in [1.82, 2.24) is 10.3 Å². The van der Waals surface area contributed by atoms with Gasteiger partial charge in [-0.05, 0) is 44.2 Å². The van der Waals surface area contributed by atoms with Crippen LogP contribution in [0.25, 0.3) is 11.3 Å². The van der Waals surface area contributed by atoms with Gasteiger partial charge in [0.05, 0.1) is 29.1 Å². The molecule has 0 fully saturated rings. The molecule has 0 atom stereocenters. The highest BCUT2D eigenvalue weighted by molar-refractivity contribution is 5.77. The van der Waals surface area contributed by atoms with E-state index in [4.69, 9.17) is 5.73 Å². The molecule has 1 aromatic heterocycles. The number of amides is 1. The number of alkyl halides is 6. The zero-order chi connectivity index (χ0) is 22.0. The summed E-state index contributed by atoms with van der Waals surface area (Å²) in [5.74, 6) is -0.358. The van der Waals surface area contributed by atoms with Gasteiger partial charge in [-0.3, -0.25) is 9.78 Å². The van der Waals surface area contributed by atoms with Crippen LogP contribution in [0.3, 0.4) is 0 Å². The van der Waals surface area contributed by atoms with Crippen molar-refractivity contribution in [2.24, 2.45) is 5.73 Å². The number of rotatable bonds is 5. The van der Waals surface area contributed by atoms with Gasteiger partial charge in [0.1, 0.15) is 0 Å². The van der Waals surface area contributed by atoms with E-state index < -0.39 is 29.0 Å². The molecule has 3 N–H and O–H groups in total. The van der Waals surface area contributed by atoms with Crippen molar-refractivity contribution in [3.63, 3.8) is 0 Å². The smallest absolute Gasteiger partial charge is 0.350 e. The maximum atomic E-state index is 13.0. The van der Waals surface area contributed by atoms with Crippen molar-refractivity contribution in [3.8, 4) is 11.3 Å². The first-order chi connectivity index (χ1) is 13.1. The first-order valence-corrected chi connectivity index (χ1v) is 8.46. The first kappa shape index (κ1) is 22.7. The van der Waals surface area contributed by atoms with Crippen molar-refractivity contribution in [3.05, 3.63) is 53.2 Å². The summed E-state index contributed by atoms with van der Waals surface area (Å²) in [5.41, 5.74) is 2.03. The summed E-state index contributed by atoms with van der Waals surface area (Å²) >= 11 is 0. The van der Waals surface area contributed by atoms with Crippen molar-refractivity contribution >= 4 is 5.91 Å². The standard InChI is InChI=1S/C19H19F6N3O/c1-17(2,26)9-16(29)27-10-14-4-3-5-15(28-14)11-6-12(18(20,21)22)8-13(7-11)19(23,24)25/h3-8H,9-10,26H2,1-2H3,(H,27,29). The molecule has 2 rings (SSSR count). The van der Waals surface area contributed by atoms with E-state index in [1.165, 1.54) is 18.2 Å². The Bertz CT molecular complexity index is 852. The summed E-state index contributed by atoms with van der Waals surface area (Å²) in [5, 5.41) is 2.56. The quantitative estimate of drug-likeness (QED) is 0.700. The average molecular weight is 419 g/mol. The van der Waals surface area contributed by atoms with Gasteiger partial charge in [0.2, 0.25) is 5.91 Å². The molecule has 10 heteroatoms. The molecule has 0 spiro atoms. The lowest BCUT2D eigenvalue weighted by Gasteiger charge is -2.17. The van der Waals surface area contributed by atoms with E-state index in [0.717, 1.165) is 0 Å². The molecular weight excluding hydrogens is 400 g/mol. The minimum Gasteiger partial charge on any atom is -0.350 e. The third kappa shape index (κ3) is 6.74. The van der Waals surface area contributed by atoms with E-state index in [0.29, 0.717) is 12.1 Å². The van der Waals surface area contributed by atoms with E-state index in [-0.39, 0.29) is 41.9 Å². The molecule has 0 radical (unpaired) electrons. The Morgan fingerprint density at radius 3 is 2.03 bits per heavy atom. The first-order valence-electron chi connectivity index (χ1n) is 8.46. The van der Waals surface area contributed by atoms with Gasteiger partial charge in [-0.15, -0.1) is 0 Å². The number of nitrogens with two attached hydrogens (primary N) is 1. The van der Waals surface area contributed by atoms with Gasteiger partial charge in [-0.25, -0.2) is 0 Å². The molecule has 2 aromatic rings. The van der Waals surface area contributed by atoms with Crippen LogP contribution in [0.1, 0.15) is 37.1 Å². The Morgan fingerprint density at radius 1 is 1.00 bits per heavy atom. The fourth-order valence-electron chi connectivity index (χ4n) is 2.51. The molecule has 0 aliphatic carbocycles. The number of nitrogens with zero attached hydrogens (tertiary/aromatic N) is 1. The van der Waals surface area contributed by atoms with Crippen LogP contribution in [0.4, 0.5) is 26.3 Å². The van der Waals surface area contributed by atoms with Crippen LogP contribution >= 0.6 is 0 Å². The summed E-state index contributed by atoms with van der Waals surface area (Å²) in [7, 11) is 0. The second-order valence-corrected chi connectivity index (χ2v) is 7.25. The highest BCUT2D eigenvalue weighted by atomic mass is 19.4. The maximum absolute atomic E-state index is 13.0. The van der Waals surface area contributed by atoms with Gasteiger partial charge in [0, 0.05) is 17.5 Å². The number of benzene rings is 1.